The Morgan fingerprint density at radius 3 is 2.59 bits per heavy atom. The predicted molar refractivity (Wildman–Crippen MR) is 94.0 cm³/mol. The van der Waals surface area contributed by atoms with Gasteiger partial charge in [0, 0.05) is 17.8 Å². The summed E-state index contributed by atoms with van der Waals surface area (Å²) in [6, 6.07) is 12.3. The van der Waals surface area contributed by atoms with Crippen LogP contribution < -0.4 is 4.74 Å². The van der Waals surface area contributed by atoms with Gasteiger partial charge in [0.05, 0.1) is 12.3 Å². The van der Waals surface area contributed by atoms with Crippen LogP contribution in [0.2, 0.25) is 0 Å². The van der Waals surface area contributed by atoms with Crippen LogP contribution in [-0.4, -0.2) is 11.6 Å². The number of benzene rings is 1. The maximum Gasteiger partial charge on any atom is 0.126 e. The topological polar surface area (TPSA) is 22.1 Å². The molecule has 2 aromatic rings. The summed E-state index contributed by atoms with van der Waals surface area (Å²) in [5.41, 5.74) is 3.33. The van der Waals surface area contributed by atoms with Gasteiger partial charge >= 0.3 is 0 Å². The first-order valence-electron chi connectivity index (χ1n) is 8.18. The molecule has 0 saturated heterocycles. The van der Waals surface area contributed by atoms with Gasteiger partial charge < -0.3 is 4.74 Å². The molecule has 0 fully saturated rings. The Morgan fingerprint density at radius 2 is 1.86 bits per heavy atom. The van der Waals surface area contributed by atoms with Gasteiger partial charge in [-0.15, -0.1) is 0 Å². The molecule has 1 aromatic carbocycles. The monoisotopic (exact) mass is 295 g/mol. The van der Waals surface area contributed by atoms with Gasteiger partial charge in [0.25, 0.3) is 0 Å². The Kier molecular flexibility index (Phi) is 6.69. The van der Waals surface area contributed by atoms with Gasteiger partial charge in [0.2, 0.25) is 0 Å². The number of hydrogen-bond acceptors (Lipinski definition) is 2. The second kappa shape index (κ2) is 9.04. The van der Waals surface area contributed by atoms with Crippen molar-refractivity contribution < 1.29 is 4.74 Å². The van der Waals surface area contributed by atoms with Crippen molar-refractivity contribution in [3.63, 3.8) is 0 Å². The molecule has 2 heteroatoms. The van der Waals surface area contributed by atoms with Crippen LogP contribution in [0.4, 0.5) is 0 Å². The average molecular weight is 295 g/mol. The molecule has 0 unspecified atom stereocenters. The van der Waals surface area contributed by atoms with Crippen molar-refractivity contribution in [2.24, 2.45) is 0 Å². The van der Waals surface area contributed by atoms with E-state index in [1.165, 1.54) is 24.0 Å². The highest BCUT2D eigenvalue weighted by Crippen LogP contribution is 2.22. The van der Waals surface area contributed by atoms with Crippen LogP contribution in [0.15, 0.2) is 42.6 Å². The first-order chi connectivity index (χ1) is 10.8. The molecule has 116 valence electrons. The van der Waals surface area contributed by atoms with E-state index in [1.807, 2.05) is 30.5 Å². The molecule has 1 heterocycles. The molecule has 0 spiro atoms. The number of nitrogens with zero attached hydrogens (tertiary/aromatic N) is 1. The lowest BCUT2D eigenvalue weighted by atomic mass is 10.1. The fraction of sp³-hybridized carbons (Fsp3) is 0.350. The van der Waals surface area contributed by atoms with E-state index in [4.69, 9.17) is 4.74 Å². The quantitative estimate of drug-likeness (QED) is 0.652. The van der Waals surface area contributed by atoms with E-state index in [-0.39, 0.29) is 0 Å². The van der Waals surface area contributed by atoms with E-state index in [0.29, 0.717) is 0 Å². The Hall–Kier alpha value is -2.09. The van der Waals surface area contributed by atoms with Gasteiger partial charge in [0.15, 0.2) is 0 Å². The fourth-order valence-electron chi connectivity index (χ4n) is 2.22. The molecule has 0 aliphatic rings. The van der Waals surface area contributed by atoms with Crippen LogP contribution in [0.5, 0.6) is 5.75 Å². The molecular formula is C20H25NO. The molecule has 1 aromatic heterocycles. The normalized spacial score (nSPS) is 11.0. The lowest BCUT2D eigenvalue weighted by molar-refractivity contribution is 0.313. The van der Waals surface area contributed by atoms with E-state index in [2.05, 4.69) is 43.1 Å². The predicted octanol–water partition coefficient (Wildman–Crippen LogP) is 5.38. The van der Waals surface area contributed by atoms with Crippen molar-refractivity contribution in [3.8, 4) is 5.75 Å². The van der Waals surface area contributed by atoms with Crippen LogP contribution in [-0.2, 0) is 6.42 Å². The van der Waals surface area contributed by atoms with Gasteiger partial charge in [-0.1, -0.05) is 56.7 Å². The van der Waals surface area contributed by atoms with Gasteiger partial charge in [-0.2, -0.15) is 0 Å². The molecule has 2 nitrogen and oxygen atoms in total. The third-order valence-corrected chi connectivity index (χ3v) is 3.47. The highest BCUT2D eigenvalue weighted by atomic mass is 16.5. The van der Waals surface area contributed by atoms with Crippen LogP contribution in [0.3, 0.4) is 0 Å². The molecule has 2 rings (SSSR count). The molecule has 22 heavy (non-hydrogen) atoms. The van der Waals surface area contributed by atoms with Gasteiger partial charge in [-0.05, 0) is 30.9 Å². The third kappa shape index (κ3) is 5.03. The van der Waals surface area contributed by atoms with Crippen LogP contribution in [0.1, 0.15) is 49.9 Å². The van der Waals surface area contributed by atoms with Crippen molar-refractivity contribution in [1.29, 1.82) is 0 Å². The van der Waals surface area contributed by atoms with Crippen molar-refractivity contribution in [2.75, 3.05) is 6.61 Å². The maximum absolute atomic E-state index is 5.90. The summed E-state index contributed by atoms with van der Waals surface area (Å²) in [4.78, 5) is 4.55. The first kappa shape index (κ1) is 16.3. The minimum Gasteiger partial charge on any atom is -0.493 e. The zero-order valence-electron chi connectivity index (χ0n) is 13.6. The Morgan fingerprint density at radius 1 is 1.05 bits per heavy atom. The lowest BCUT2D eigenvalue weighted by Crippen LogP contribution is -2.00. The lowest BCUT2D eigenvalue weighted by Gasteiger charge is -2.11. The summed E-state index contributed by atoms with van der Waals surface area (Å²) in [6.07, 6.45) is 10.5. The van der Waals surface area contributed by atoms with Crippen molar-refractivity contribution in [3.05, 3.63) is 59.4 Å². The molecule has 0 aliphatic carbocycles. The van der Waals surface area contributed by atoms with Crippen LogP contribution in [0.25, 0.3) is 12.2 Å². The van der Waals surface area contributed by atoms with Crippen LogP contribution in [0, 0.1) is 0 Å². The summed E-state index contributed by atoms with van der Waals surface area (Å²) < 4.78 is 5.90. The SMILES string of the molecule is CCCCc1cnc(C=Cc2ccccc2)cc1OCCC. The number of aromatic nitrogens is 1. The highest BCUT2D eigenvalue weighted by Gasteiger charge is 2.05. The number of hydrogen-bond donors (Lipinski definition) is 0. The molecule has 0 atom stereocenters. The summed E-state index contributed by atoms with van der Waals surface area (Å²) in [5.74, 6) is 0.984. The summed E-state index contributed by atoms with van der Waals surface area (Å²) >= 11 is 0. The highest BCUT2D eigenvalue weighted by molar-refractivity contribution is 5.68. The standard InChI is InChI=1S/C20H25NO/c1-3-5-11-18-16-21-19(15-20(18)22-14-4-2)13-12-17-9-7-6-8-10-17/h6-10,12-13,15-16H,3-5,11,14H2,1-2H3. The number of ether oxygens (including phenoxy) is 1. The molecule has 0 bridgehead atoms. The first-order valence-corrected chi connectivity index (χ1v) is 8.18. The Balaban J connectivity index is 2.16. The molecule has 0 amide bonds. The fourth-order valence-corrected chi connectivity index (χ4v) is 2.22. The van der Waals surface area contributed by atoms with Crippen LogP contribution >= 0.6 is 0 Å². The molecule has 0 aliphatic heterocycles. The molecular weight excluding hydrogens is 270 g/mol. The van der Waals surface area contributed by atoms with Crippen molar-refractivity contribution >= 4 is 12.2 Å². The number of aryl methyl sites for hydroxylation is 1. The Labute approximate surface area is 133 Å². The van der Waals surface area contributed by atoms with Gasteiger partial charge in [0.1, 0.15) is 5.75 Å². The second-order valence-corrected chi connectivity index (χ2v) is 5.41. The maximum atomic E-state index is 5.90. The molecule has 0 N–H and O–H groups in total. The van der Waals surface area contributed by atoms with E-state index in [9.17, 15) is 0 Å². The smallest absolute Gasteiger partial charge is 0.126 e. The zero-order chi connectivity index (χ0) is 15.6. The van der Waals surface area contributed by atoms with E-state index >= 15 is 0 Å². The largest absolute Gasteiger partial charge is 0.493 e. The number of rotatable bonds is 8. The van der Waals surface area contributed by atoms with Crippen molar-refractivity contribution in [1.82, 2.24) is 4.98 Å². The van der Waals surface area contributed by atoms with Gasteiger partial charge in [-0.3, -0.25) is 4.98 Å². The minimum atomic E-state index is 0.755. The van der Waals surface area contributed by atoms with E-state index in [0.717, 1.165) is 30.9 Å². The molecule has 0 saturated carbocycles. The van der Waals surface area contributed by atoms with Gasteiger partial charge in [-0.25, -0.2) is 0 Å². The zero-order valence-corrected chi connectivity index (χ0v) is 13.6. The minimum absolute atomic E-state index is 0.755. The summed E-state index contributed by atoms with van der Waals surface area (Å²) in [5, 5.41) is 0. The average Bonchev–Trinajstić information content (AvgIpc) is 2.58. The van der Waals surface area contributed by atoms with E-state index in [1.54, 1.807) is 0 Å². The summed E-state index contributed by atoms with van der Waals surface area (Å²) in [7, 11) is 0. The van der Waals surface area contributed by atoms with E-state index < -0.39 is 0 Å². The third-order valence-electron chi connectivity index (χ3n) is 3.47. The Bertz CT molecular complexity index is 590. The second-order valence-electron chi connectivity index (χ2n) is 5.41. The summed E-state index contributed by atoms with van der Waals surface area (Å²) in [6.45, 7) is 5.09. The number of pyridine rings is 1. The molecule has 0 radical (unpaired) electrons. The van der Waals surface area contributed by atoms with Crippen molar-refractivity contribution in [2.45, 2.75) is 39.5 Å². The number of unbranched alkanes of at least 4 members (excludes halogenated alkanes) is 1.